The van der Waals surface area contributed by atoms with E-state index in [0.717, 1.165) is 12.8 Å². The molecule has 0 aliphatic heterocycles. The van der Waals surface area contributed by atoms with Crippen LogP contribution in [0.1, 0.15) is 46.5 Å². The zero-order valence-electron chi connectivity index (χ0n) is 11.5. The van der Waals surface area contributed by atoms with Crippen molar-refractivity contribution in [2.45, 2.75) is 52.5 Å². The van der Waals surface area contributed by atoms with Gasteiger partial charge in [0, 0.05) is 12.6 Å². The van der Waals surface area contributed by atoms with Crippen LogP contribution in [0.5, 0.6) is 0 Å². The molecule has 2 atom stereocenters. The number of carbonyl (C=O) groups is 2. The van der Waals surface area contributed by atoms with Crippen molar-refractivity contribution in [3.05, 3.63) is 0 Å². The Bertz CT molecular complexity index is 358. The van der Waals surface area contributed by atoms with E-state index >= 15 is 0 Å². The van der Waals surface area contributed by atoms with E-state index in [2.05, 4.69) is 0 Å². The van der Waals surface area contributed by atoms with Gasteiger partial charge in [-0.25, -0.2) is 0 Å². The molecule has 2 aliphatic carbocycles. The van der Waals surface area contributed by atoms with Crippen LogP contribution in [-0.2, 0) is 9.59 Å². The first-order valence-corrected chi connectivity index (χ1v) is 6.94. The summed E-state index contributed by atoms with van der Waals surface area (Å²) in [6, 6.07) is 0.341. The zero-order valence-corrected chi connectivity index (χ0v) is 11.5. The van der Waals surface area contributed by atoms with Gasteiger partial charge in [0.05, 0.1) is 11.8 Å². The normalized spacial score (nSPS) is 30.2. The largest absolute Gasteiger partial charge is 0.481 e. The van der Waals surface area contributed by atoms with Crippen molar-refractivity contribution in [1.82, 2.24) is 4.90 Å². The van der Waals surface area contributed by atoms with Crippen LogP contribution in [0.2, 0.25) is 0 Å². The van der Waals surface area contributed by atoms with Crippen LogP contribution < -0.4 is 0 Å². The van der Waals surface area contributed by atoms with Gasteiger partial charge >= 0.3 is 5.97 Å². The van der Waals surface area contributed by atoms with E-state index in [1.807, 2.05) is 25.7 Å². The Morgan fingerprint density at radius 2 is 1.78 bits per heavy atom. The standard InChI is InChI=1S/C14H23NO3/c1-4-15(9-7-5-6-8-9)12(16)10-11(13(17)18)14(10,2)3/h9-11H,4-8H2,1-3H3,(H,17,18)/t10-,11+/m1/s1. The second-order valence-corrected chi connectivity index (χ2v) is 6.18. The Kier molecular flexibility index (Phi) is 3.39. The van der Waals surface area contributed by atoms with Crippen molar-refractivity contribution in [3.63, 3.8) is 0 Å². The van der Waals surface area contributed by atoms with Crippen LogP contribution in [0.25, 0.3) is 0 Å². The minimum absolute atomic E-state index is 0.0572. The summed E-state index contributed by atoms with van der Waals surface area (Å²) in [4.78, 5) is 25.6. The molecule has 0 unspecified atom stereocenters. The van der Waals surface area contributed by atoms with Crippen molar-refractivity contribution in [2.24, 2.45) is 17.3 Å². The van der Waals surface area contributed by atoms with Gasteiger partial charge in [-0.1, -0.05) is 26.7 Å². The highest BCUT2D eigenvalue weighted by Gasteiger charge is 2.66. The van der Waals surface area contributed by atoms with E-state index in [-0.39, 0.29) is 17.2 Å². The lowest BCUT2D eigenvalue weighted by molar-refractivity contribution is -0.142. The van der Waals surface area contributed by atoms with Crippen molar-refractivity contribution < 1.29 is 14.7 Å². The Labute approximate surface area is 108 Å². The van der Waals surface area contributed by atoms with Crippen molar-refractivity contribution in [3.8, 4) is 0 Å². The Hall–Kier alpha value is -1.06. The van der Waals surface area contributed by atoms with Crippen LogP contribution in [0, 0.1) is 17.3 Å². The maximum Gasteiger partial charge on any atom is 0.307 e. The number of aliphatic carboxylic acids is 1. The lowest BCUT2D eigenvalue weighted by Crippen LogP contribution is -2.40. The Morgan fingerprint density at radius 3 is 2.17 bits per heavy atom. The van der Waals surface area contributed by atoms with E-state index in [9.17, 15) is 9.59 Å². The van der Waals surface area contributed by atoms with Crippen LogP contribution >= 0.6 is 0 Å². The number of rotatable bonds is 4. The molecule has 0 bridgehead atoms. The highest BCUT2D eigenvalue weighted by atomic mass is 16.4. The van der Waals surface area contributed by atoms with Gasteiger partial charge in [-0.3, -0.25) is 9.59 Å². The van der Waals surface area contributed by atoms with Crippen LogP contribution in [0.15, 0.2) is 0 Å². The molecular weight excluding hydrogens is 230 g/mol. The lowest BCUT2D eigenvalue weighted by atomic mass is 10.1. The molecule has 1 N–H and O–H groups in total. The van der Waals surface area contributed by atoms with Gasteiger partial charge in [0.15, 0.2) is 0 Å². The summed E-state index contributed by atoms with van der Waals surface area (Å²) < 4.78 is 0. The molecule has 0 aromatic rings. The molecule has 4 nitrogen and oxygen atoms in total. The molecule has 18 heavy (non-hydrogen) atoms. The molecule has 2 rings (SSSR count). The second-order valence-electron chi connectivity index (χ2n) is 6.18. The highest BCUT2D eigenvalue weighted by Crippen LogP contribution is 2.59. The van der Waals surface area contributed by atoms with Gasteiger partial charge in [-0.15, -0.1) is 0 Å². The number of carboxylic acid groups (broad SMARTS) is 1. The zero-order chi connectivity index (χ0) is 13.5. The van der Waals surface area contributed by atoms with Gasteiger partial charge < -0.3 is 10.0 Å². The number of hydrogen-bond acceptors (Lipinski definition) is 2. The summed E-state index contributed by atoms with van der Waals surface area (Å²) in [5, 5.41) is 9.16. The maximum atomic E-state index is 12.5. The van der Waals surface area contributed by atoms with Crippen LogP contribution in [-0.4, -0.2) is 34.5 Å². The fourth-order valence-corrected chi connectivity index (χ4v) is 3.55. The summed E-state index contributed by atoms with van der Waals surface area (Å²) in [7, 11) is 0. The van der Waals surface area contributed by atoms with Crippen molar-refractivity contribution in [2.75, 3.05) is 6.54 Å². The number of carboxylic acids is 1. The van der Waals surface area contributed by atoms with Gasteiger partial charge in [0.2, 0.25) is 5.91 Å². The molecule has 0 spiro atoms. The van der Waals surface area contributed by atoms with E-state index < -0.39 is 11.9 Å². The molecule has 0 aromatic heterocycles. The fraction of sp³-hybridized carbons (Fsp3) is 0.857. The third-order valence-electron chi connectivity index (χ3n) is 4.75. The summed E-state index contributed by atoms with van der Waals surface area (Å²) in [5.41, 5.74) is -0.380. The Balaban J connectivity index is 2.09. The smallest absolute Gasteiger partial charge is 0.307 e. The molecule has 1 amide bonds. The summed E-state index contributed by atoms with van der Waals surface area (Å²) in [5.74, 6) is -1.60. The molecule has 2 saturated carbocycles. The third-order valence-corrected chi connectivity index (χ3v) is 4.75. The van der Waals surface area contributed by atoms with Gasteiger partial charge in [-0.05, 0) is 25.2 Å². The van der Waals surface area contributed by atoms with E-state index in [4.69, 9.17) is 5.11 Å². The number of nitrogens with zero attached hydrogens (tertiary/aromatic N) is 1. The Morgan fingerprint density at radius 1 is 1.22 bits per heavy atom. The molecule has 0 radical (unpaired) electrons. The number of carbonyl (C=O) groups excluding carboxylic acids is 1. The average Bonchev–Trinajstić information content (AvgIpc) is 2.65. The molecule has 0 aromatic carbocycles. The van der Waals surface area contributed by atoms with Crippen molar-refractivity contribution >= 4 is 11.9 Å². The minimum Gasteiger partial charge on any atom is -0.481 e. The monoisotopic (exact) mass is 253 g/mol. The summed E-state index contributed by atoms with van der Waals surface area (Å²) in [6.07, 6.45) is 4.52. The van der Waals surface area contributed by atoms with Crippen molar-refractivity contribution in [1.29, 1.82) is 0 Å². The van der Waals surface area contributed by atoms with Gasteiger partial charge in [0.1, 0.15) is 0 Å². The van der Waals surface area contributed by atoms with Crippen LogP contribution in [0.3, 0.4) is 0 Å². The predicted molar refractivity (Wildman–Crippen MR) is 68.0 cm³/mol. The minimum atomic E-state index is -0.833. The lowest BCUT2D eigenvalue weighted by Gasteiger charge is -2.28. The molecular formula is C14H23NO3. The van der Waals surface area contributed by atoms with Gasteiger partial charge in [-0.2, -0.15) is 0 Å². The van der Waals surface area contributed by atoms with Crippen LogP contribution in [0.4, 0.5) is 0 Å². The number of amides is 1. The summed E-state index contributed by atoms with van der Waals surface area (Å²) in [6.45, 7) is 6.46. The third kappa shape index (κ3) is 2.02. The first-order valence-electron chi connectivity index (χ1n) is 6.94. The molecule has 102 valence electrons. The first kappa shape index (κ1) is 13.4. The quantitative estimate of drug-likeness (QED) is 0.835. The van der Waals surface area contributed by atoms with E-state index in [1.165, 1.54) is 12.8 Å². The molecule has 0 saturated heterocycles. The molecule has 2 fully saturated rings. The molecule has 0 heterocycles. The second kappa shape index (κ2) is 4.56. The first-order chi connectivity index (χ1) is 8.41. The fourth-order valence-electron chi connectivity index (χ4n) is 3.55. The molecule has 2 aliphatic rings. The SMILES string of the molecule is CCN(C(=O)[C@H]1[C@@H](C(=O)O)C1(C)C)C1CCCC1. The maximum absolute atomic E-state index is 12.5. The molecule has 4 heteroatoms. The van der Waals surface area contributed by atoms with Gasteiger partial charge in [0.25, 0.3) is 0 Å². The number of hydrogen-bond donors (Lipinski definition) is 1. The highest BCUT2D eigenvalue weighted by molar-refractivity contribution is 5.91. The van der Waals surface area contributed by atoms with E-state index in [0.29, 0.717) is 12.6 Å². The predicted octanol–water partition coefficient (Wildman–Crippen LogP) is 2.13. The summed E-state index contributed by atoms with van der Waals surface area (Å²) >= 11 is 0. The van der Waals surface area contributed by atoms with E-state index in [1.54, 1.807) is 0 Å². The average molecular weight is 253 g/mol. The topological polar surface area (TPSA) is 57.6 Å².